The topological polar surface area (TPSA) is 79.4 Å². The Kier molecular flexibility index (Phi) is 3.99. The molecule has 0 aromatic carbocycles. The van der Waals surface area contributed by atoms with Crippen molar-refractivity contribution in [1.82, 2.24) is 20.0 Å². The van der Waals surface area contributed by atoms with Crippen LogP contribution in [0.4, 0.5) is 11.5 Å². The molecule has 0 aliphatic heterocycles. The number of aryl methyl sites for hydroxylation is 3. The number of hydrogen-bond donors (Lipinski definition) is 1. The lowest BCUT2D eigenvalue weighted by Gasteiger charge is -2.11. The fraction of sp³-hybridized carbons (Fsp3) is 0.429. The van der Waals surface area contributed by atoms with Gasteiger partial charge in [0, 0.05) is 13.2 Å². The monoisotopic (exact) mass is 270 g/mol. The van der Waals surface area contributed by atoms with Gasteiger partial charge >= 0.3 is 0 Å². The first kappa shape index (κ1) is 14.0. The van der Waals surface area contributed by atoms with Gasteiger partial charge in [-0.1, -0.05) is 13.8 Å². The van der Waals surface area contributed by atoms with Gasteiger partial charge in [0.25, 0.3) is 0 Å². The van der Waals surface area contributed by atoms with Crippen molar-refractivity contribution in [2.75, 3.05) is 5.32 Å². The van der Waals surface area contributed by atoms with E-state index in [0.717, 1.165) is 35.5 Å². The Bertz CT molecular complexity index is 665. The standard InChI is InChI=1S/C14H18N6/c1-5-10-11(7-15)14(18-17-12(10)6-2)16-13-8-20(4)19-9(13)3/h8H,5-6H2,1-4H3,(H,16,18). The first-order chi connectivity index (χ1) is 9.60. The number of rotatable bonds is 4. The lowest BCUT2D eigenvalue weighted by Crippen LogP contribution is -2.07. The molecule has 0 aliphatic rings. The van der Waals surface area contributed by atoms with E-state index in [4.69, 9.17) is 0 Å². The molecule has 6 nitrogen and oxygen atoms in total. The molecule has 0 bridgehead atoms. The van der Waals surface area contributed by atoms with Crippen LogP contribution >= 0.6 is 0 Å². The molecule has 2 aromatic heterocycles. The van der Waals surface area contributed by atoms with Gasteiger partial charge in [-0.3, -0.25) is 4.68 Å². The van der Waals surface area contributed by atoms with E-state index in [2.05, 4.69) is 26.7 Å². The van der Waals surface area contributed by atoms with E-state index in [0.29, 0.717) is 11.4 Å². The molecule has 0 fully saturated rings. The second-order valence-electron chi connectivity index (χ2n) is 4.59. The largest absolute Gasteiger partial charge is 0.335 e. The van der Waals surface area contributed by atoms with Crippen LogP contribution in [0, 0.1) is 18.3 Å². The second-order valence-corrected chi connectivity index (χ2v) is 4.59. The molecular formula is C14H18N6. The van der Waals surface area contributed by atoms with Crippen molar-refractivity contribution >= 4 is 11.5 Å². The summed E-state index contributed by atoms with van der Waals surface area (Å²) in [6.07, 6.45) is 3.40. The Balaban J connectivity index is 2.47. The highest BCUT2D eigenvalue weighted by molar-refractivity contribution is 5.65. The number of nitriles is 1. The fourth-order valence-electron chi connectivity index (χ4n) is 2.23. The van der Waals surface area contributed by atoms with Gasteiger partial charge in [-0.05, 0) is 25.3 Å². The predicted molar refractivity (Wildman–Crippen MR) is 76.7 cm³/mol. The van der Waals surface area contributed by atoms with Crippen molar-refractivity contribution in [2.24, 2.45) is 7.05 Å². The Morgan fingerprint density at radius 1 is 1.30 bits per heavy atom. The lowest BCUT2D eigenvalue weighted by molar-refractivity contribution is 0.756. The van der Waals surface area contributed by atoms with Crippen molar-refractivity contribution < 1.29 is 0 Å². The summed E-state index contributed by atoms with van der Waals surface area (Å²) in [6.45, 7) is 5.95. The number of anilines is 2. The van der Waals surface area contributed by atoms with E-state index in [1.807, 2.05) is 34.0 Å². The molecule has 0 saturated heterocycles. The maximum atomic E-state index is 9.42. The highest BCUT2D eigenvalue weighted by Gasteiger charge is 2.15. The average molecular weight is 270 g/mol. The Morgan fingerprint density at radius 2 is 2.05 bits per heavy atom. The third kappa shape index (κ3) is 2.48. The Morgan fingerprint density at radius 3 is 2.55 bits per heavy atom. The molecule has 0 atom stereocenters. The van der Waals surface area contributed by atoms with Gasteiger partial charge in [0.05, 0.1) is 17.1 Å². The normalized spacial score (nSPS) is 10.3. The zero-order valence-electron chi connectivity index (χ0n) is 12.2. The number of hydrogen-bond acceptors (Lipinski definition) is 5. The zero-order chi connectivity index (χ0) is 14.7. The van der Waals surface area contributed by atoms with E-state index >= 15 is 0 Å². The van der Waals surface area contributed by atoms with E-state index < -0.39 is 0 Å². The second kappa shape index (κ2) is 5.70. The molecule has 0 spiro atoms. The first-order valence-corrected chi connectivity index (χ1v) is 6.66. The third-order valence-corrected chi connectivity index (χ3v) is 3.22. The quantitative estimate of drug-likeness (QED) is 0.921. The summed E-state index contributed by atoms with van der Waals surface area (Å²) in [6, 6.07) is 2.24. The minimum absolute atomic E-state index is 0.498. The van der Waals surface area contributed by atoms with Crippen molar-refractivity contribution in [3.05, 3.63) is 28.7 Å². The molecule has 0 saturated carbocycles. The van der Waals surface area contributed by atoms with E-state index in [1.54, 1.807) is 4.68 Å². The van der Waals surface area contributed by atoms with Crippen molar-refractivity contribution in [2.45, 2.75) is 33.6 Å². The Labute approximate surface area is 118 Å². The third-order valence-electron chi connectivity index (χ3n) is 3.22. The minimum Gasteiger partial charge on any atom is -0.335 e. The molecule has 0 aliphatic carbocycles. The van der Waals surface area contributed by atoms with Crippen LogP contribution in [0.2, 0.25) is 0 Å². The minimum atomic E-state index is 0.498. The molecule has 0 radical (unpaired) electrons. The molecule has 2 heterocycles. The molecule has 1 N–H and O–H groups in total. The maximum Gasteiger partial charge on any atom is 0.171 e. The number of aromatic nitrogens is 4. The van der Waals surface area contributed by atoms with E-state index in [1.165, 1.54) is 0 Å². The SMILES string of the molecule is CCc1nnc(Nc2cn(C)nc2C)c(C#N)c1CC. The summed E-state index contributed by atoms with van der Waals surface area (Å²) in [7, 11) is 1.85. The molecule has 6 heteroatoms. The highest BCUT2D eigenvalue weighted by Crippen LogP contribution is 2.24. The van der Waals surface area contributed by atoms with Gasteiger partial charge in [-0.25, -0.2) is 0 Å². The van der Waals surface area contributed by atoms with Gasteiger partial charge in [0.15, 0.2) is 5.82 Å². The molecule has 2 aromatic rings. The van der Waals surface area contributed by atoms with Crippen LogP contribution in [-0.4, -0.2) is 20.0 Å². The van der Waals surface area contributed by atoms with Crippen LogP contribution in [0.3, 0.4) is 0 Å². The van der Waals surface area contributed by atoms with Crippen LogP contribution in [0.5, 0.6) is 0 Å². The summed E-state index contributed by atoms with van der Waals surface area (Å²) < 4.78 is 1.72. The van der Waals surface area contributed by atoms with Gasteiger partial charge in [0.2, 0.25) is 0 Å². The maximum absolute atomic E-state index is 9.42. The van der Waals surface area contributed by atoms with E-state index in [9.17, 15) is 5.26 Å². The summed E-state index contributed by atoms with van der Waals surface area (Å²) >= 11 is 0. The molecular weight excluding hydrogens is 252 g/mol. The highest BCUT2D eigenvalue weighted by atomic mass is 15.3. The molecule has 0 amide bonds. The van der Waals surface area contributed by atoms with Gasteiger partial charge < -0.3 is 5.32 Å². The molecule has 0 unspecified atom stereocenters. The summed E-state index contributed by atoms with van der Waals surface area (Å²) in [5.41, 5.74) is 4.12. The van der Waals surface area contributed by atoms with Crippen molar-refractivity contribution in [1.29, 1.82) is 5.26 Å². The fourth-order valence-corrected chi connectivity index (χ4v) is 2.23. The zero-order valence-corrected chi connectivity index (χ0v) is 12.2. The number of nitrogens with zero attached hydrogens (tertiary/aromatic N) is 5. The van der Waals surface area contributed by atoms with Gasteiger partial charge in [0.1, 0.15) is 11.6 Å². The van der Waals surface area contributed by atoms with Crippen LogP contribution in [0.25, 0.3) is 0 Å². The van der Waals surface area contributed by atoms with Gasteiger partial charge in [-0.15, -0.1) is 5.10 Å². The summed E-state index contributed by atoms with van der Waals surface area (Å²) in [4.78, 5) is 0. The lowest BCUT2D eigenvalue weighted by atomic mass is 10.0. The van der Waals surface area contributed by atoms with Crippen LogP contribution < -0.4 is 5.32 Å². The van der Waals surface area contributed by atoms with Crippen LogP contribution in [-0.2, 0) is 19.9 Å². The van der Waals surface area contributed by atoms with Crippen LogP contribution in [0.1, 0.15) is 36.4 Å². The smallest absolute Gasteiger partial charge is 0.171 e. The number of nitrogens with one attached hydrogen (secondary N) is 1. The van der Waals surface area contributed by atoms with Gasteiger partial charge in [-0.2, -0.15) is 15.5 Å². The molecule has 104 valence electrons. The summed E-state index contributed by atoms with van der Waals surface area (Å²) in [5, 5.41) is 25.2. The molecule has 20 heavy (non-hydrogen) atoms. The van der Waals surface area contributed by atoms with E-state index in [-0.39, 0.29) is 0 Å². The first-order valence-electron chi connectivity index (χ1n) is 6.66. The Hall–Kier alpha value is -2.42. The van der Waals surface area contributed by atoms with Crippen LogP contribution in [0.15, 0.2) is 6.20 Å². The summed E-state index contributed by atoms with van der Waals surface area (Å²) in [5.74, 6) is 0.498. The molecule has 2 rings (SSSR count). The van der Waals surface area contributed by atoms with Crippen molar-refractivity contribution in [3.8, 4) is 6.07 Å². The average Bonchev–Trinajstić information content (AvgIpc) is 2.76. The predicted octanol–water partition coefficient (Wildman–Crippen LogP) is 2.26. The van der Waals surface area contributed by atoms with Crippen molar-refractivity contribution in [3.63, 3.8) is 0 Å².